The lowest BCUT2D eigenvalue weighted by Crippen LogP contribution is -2.26. The van der Waals surface area contributed by atoms with Crippen LogP contribution >= 0.6 is 11.8 Å². The number of nitrogens with one attached hydrogen (secondary N) is 1. The van der Waals surface area contributed by atoms with E-state index < -0.39 is 10.0 Å². The van der Waals surface area contributed by atoms with Gasteiger partial charge in [-0.05, 0) is 36.8 Å². The van der Waals surface area contributed by atoms with E-state index >= 15 is 0 Å². The second kappa shape index (κ2) is 7.17. The second-order valence-electron chi connectivity index (χ2n) is 4.45. The van der Waals surface area contributed by atoms with Gasteiger partial charge in [0.25, 0.3) is 0 Å². The molecule has 0 aromatic heterocycles. The van der Waals surface area contributed by atoms with Crippen LogP contribution in [-0.2, 0) is 16.4 Å². The Morgan fingerprint density at radius 1 is 1.42 bits per heavy atom. The van der Waals surface area contributed by atoms with Gasteiger partial charge in [-0.3, -0.25) is 0 Å². The van der Waals surface area contributed by atoms with Crippen LogP contribution in [0.2, 0.25) is 0 Å². The van der Waals surface area contributed by atoms with Gasteiger partial charge in [0.15, 0.2) is 0 Å². The molecule has 1 aromatic carbocycles. The number of thioether (sulfide) groups is 1. The van der Waals surface area contributed by atoms with Crippen LogP contribution in [0.1, 0.15) is 25.8 Å². The first kappa shape index (κ1) is 16.3. The summed E-state index contributed by atoms with van der Waals surface area (Å²) in [5.41, 5.74) is 7.33. The molecule has 108 valence electrons. The third kappa shape index (κ3) is 4.71. The van der Waals surface area contributed by atoms with Crippen molar-refractivity contribution >= 4 is 27.5 Å². The summed E-state index contributed by atoms with van der Waals surface area (Å²) in [5.74, 6) is 0. The zero-order chi connectivity index (χ0) is 14.5. The van der Waals surface area contributed by atoms with Crippen molar-refractivity contribution in [2.24, 2.45) is 0 Å². The summed E-state index contributed by atoms with van der Waals surface area (Å²) in [6, 6.07) is 4.91. The van der Waals surface area contributed by atoms with Crippen LogP contribution in [0.25, 0.3) is 0 Å². The van der Waals surface area contributed by atoms with E-state index in [1.165, 1.54) is 6.07 Å². The van der Waals surface area contributed by atoms with Crippen LogP contribution in [-0.4, -0.2) is 26.5 Å². The van der Waals surface area contributed by atoms with Crippen molar-refractivity contribution in [1.82, 2.24) is 4.72 Å². The molecule has 0 saturated heterocycles. The van der Waals surface area contributed by atoms with Gasteiger partial charge in [0.1, 0.15) is 0 Å². The number of nitrogen functional groups attached to an aromatic ring is 1. The average molecular weight is 302 g/mol. The van der Waals surface area contributed by atoms with E-state index in [-0.39, 0.29) is 4.90 Å². The highest BCUT2D eigenvalue weighted by molar-refractivity contribution is 7.99. The summed E-state index contributed by atoms with van der Waals surface area (Å²) >= 11 is 1.72. The number of rotatable bonds is 7. The van der Waals surface area contributed by atoms with Crippen LogP contribution in [0.5, 0.6) is 0 Å². The third-order valence-electron chi connectivity index (χ3n) is 3.05. The van der Waals surface area contributed by atoms with Crippen molar-refractivity contribution in [3.05, 3.63) is 23.8 Å². The predicted molar refractivity (Wildman–Crippen MR) is 83.0 cm³/mol. The molecule has 0 bridgehead atoms. The molecule has 1 aromatic rings. The molecule has 0 aliphatic rings. The van der Waals surface area contributed by atoms with E-state index in [0.29, 0.717) is 17.5 Å². The Bertz CT molecular complexity index is 515. The zero-order valence-corrected chi connectivity index (χ0v) is 13.3. The van der Waals surface area contributed by atoms with E-state index in [9.17, 15) is 8.42 Å². The fraction of sp³-hybridized carbons (Fsp3) is 0.538. The number of sulfonamides is 1. The van der Waals surface area contributed by atoms with E-state index in [1.807, 2.05) is 13.2 Å². The van der Waals surface area contributed by atoms with Crippen LogP contribution in [0.4, 0.5) is 5.69 Å². The van der Waals surface area contributed by atoms with Gasteiger partial charge in [0.2, 0.25) is 10.0 Å². The topological polar surface area (TPSA) is 72.2 Å². The highest BCUT2D eigenvalue weighted by atomic mass is 32.2. The Kier molecular flexibility index (Phi) is 6.16. The normalized spacial score (nSPS) is 13.4. The maximum atomic E-state index is 12.1. The molecule has 1 atom stereocenters. The molecule has 0 amide bonds. The minimum absolute atomic E-state index is 0.235. The van der Waals surface area contributed by atoms with Gasteiger partial charge in [-0.25, -0.2) is 13.1 Å². The summed E-state index contributed by atoms with van der Waals surface area (Å²) in [7, 11) is -3.45. The molecule has 1 unspecified atom stereocenters. The van der Waals surface area contributed by atoms with E-state index in [1.54, 1.807) is 23.9 Å². The van der Waals surface area contributed by atoms with Gasteiger partial charge < -0.3 is 5.73 Å². The number of aryl methyl sites for hydroxylation is 1. The van der Waals surface area contributed by atoms with Crippen LogP contribution in [0.3, 0.4) is 0 Å². The summed E-state index contributed by atoms with van der Waals surface area (Å²) in [6.07, 6.45) is 3.62. The van der Waals surface area contributed by atoms with Gasteiger partial charge in [0, 0.05) is 17.5 Å². The number of nitrogens with two attached hydrogens (primary N) is 1. The van der Waals surface area contributed by atoms with Gasteiger partial charge in [-0.1, -0.05) is 19.9 Å². The molecule has 0 radical (unpaired) electrons. The first-order chi connectivity index (χ1) is 8.90. The standard InChI is InChI=1S/C13H22N2O2S2/c1-4-11-5-6-12(9-13(11)14)19(16,17)15-8-7-10(2)18-3/h5-6,9-10,15H,4,7-8,14H2,1-3H3. The summed E-state index contributed by atoms with van der Waals surface area (Å²) in [6.45, 7) is 4.51. The highest BCUT2D eigenvalue weighted by Crippen LogP contribution is 2.18. The van der Waals surface area contributed by atoms with Crippen LogP contribution < -0.4 is 10.5 Å². The number of hydrogen-bond donors (Lipinski definition) is 2. The fourth-order valence-electron chi connectivity index (χ4n) is 1.66. The van der Waals surface area contributed by atoms with Crippen LogP contribution in [0, 0.1) is 0 Å². The van der Waals surface area contributed by atoms with Crippen molar-refractivity contribution in [2.45, 2.75) is 36.8 Å². The van der Waals surface area contributed by atoms with Crippen LogP contribution in [0.15, 0.2) is 23.1 Å². The Morgan fingerprint density at radius 2 is 2.11 bits per heavy atom. The minimum Gasteiger partial charge on any atom is -0.398 e. The fourth-order valence-corrected chi connectivity index (χ4v) is 3.10. The molecule has 4 nitrogen and oxygen atoms in total. The van der Waals surface area contributed by atoms with Crippen molar-refractivity contribution in [3.63, 3.8) is 0 Å². The molecule has 1 rings (SSSR count). The van der Waals surface area contributed by atoms with Crippen molar-refractivity contribution in [2.75, 3.05) is 18.5 Å². The van der Waals surface area contributed by atoms with Crippen molar-refractivity contribution < 1.29 is 8.42 Å². The van der Waals surface area contributed by atoms with Crippen molar-refractivity contribution in [3.8, 4) is 0 Å². The SMILES string of the molecule is CCc1ccc(S(=O)(=O)NCCC(C)SC)cc1N. The maximum absolute atomic E-state index is 12.1. The number of benzene rings is 1. The van der Waals surface area contributed by atoms with E-state index in [4.69, 9.17) is 5.73 Å². The number of anilines is 1. The first-order valence-corrected chi connectivity index (χ1v) is 9.08. The molecule has 0 saturated carbocycles. The van der Waals surface area contributed by atoms with Gasteiger partial charge >= 0.3 is 0 Å². The smallest absolute Gasteiger partial charge is 0.240 e. The second-order valence-corrected chi connectivity index (χ2v) is 7.49. The summed E-state index contributed by atoms with van der Waals surface area (Å²) in [4.78, 5) is 0.235. The molecule has 3 N–H and O–H groups in total. The summed E-state index contributed by atoms with van der Waals surface area (Å²) in [5, 5.41) is 0.440. The summed E-state index contributed by atoms with van der Waals surface area (Å²) < 4.78 is 26.8. The Hall–Kier alpha value is -0.720. The molecule has 19 heavy (non-hydrogen) atoms. The Morgan fingerprint density at radius 3 is 2.63 bits per heavy atom. The largest absolute Gasteiger partial charge is 0.398 e. The quantitative estimate of drug-likeness (QED) is 0.758. The zero-order valence-electron chi connectivity index (χ0n) is 11.6. The van der Waals surface area contributed by atoms with Gasteiger partial charge in [0.05, 0.1) is 4.90 Å². The molecular weight excluding hydrogens is 280 g/mol. The van der Waals surface area contributed by atoms with E-state index in [2.05, 4.69) is 11.6 Å². The van der Waals surface area contributed by atoms with E-state index in [0.717, 1.165) is 18.4 Å². The molecule has 6 heteroatoms. The van der Waals surface area contributed by atoms with Gasteiger partial charge in [-0.15, -0.1) is 0 Å². The third-order valence-corrected chi connectivity index (χ3v) is 5.55. The molecule has 0 spiro atoms. The molecule has 0 aliphatic carbocycles. The van der Waals surface area contributed by atoms with Gasteiger partial charge in [-0.2, -0.15) is 11.8 Å². The molecule has 0 heterocycles. The Balaban J connectivity index is 2.75. The lowest BCUT2D eigenvalue weighted by Gasteiger charge is -2.11. The monoisotopic (exact) mass is 302 g/mol. The first-order valence-electron chi connectivity index (χ1n) is 6.31. The minimum atomic E-state index is -3.45. The lowest BCUT2D eigenvalue weighted by atomic mass is 10.1. The predicted octanol–water partition coefficient (Wildman–Crippen LogP) is 2.25. The number of hydrogen-bond acceptors (Lipinski definition) is 4. The molecule has 0 aliphatic heterocycles. The average Bonchev–Trinajstić information content (AvgIpc) is 2.38. The van der Waals surface area contributed by atoms with Crippen molar-refractivity contribution in [1.29, 1.82) is 0 Å². The molecular formula is C13H22N2O2S2. The highest BCUT2D eigenvalue weighted by Gasteiger charge is 2.15. The lowest BCUT2D eigenvalue weighted by molar-refractivity contribution is 0.579. The molecule has 0 fully saturated rings. The maximum Gasteiger partial charge on any atom is 0.240 e. The Labute approximate surface area is 120 Å².